The summed E-state index contributed by atoms with van der Waals surface area (Å²) in [5, 5.41) is 18.8. The monoisotopic (exact) mass is 629 g/mol. The number of allylic oxidation sites excluding steroid dienone is 2. The number of aliphatic hydroxyl groups excluding tert-OH is 2. The fourth-order valence-electron chi connectivity index (χ4n) is 12.3. The maximum Gasteiger partial charge on any atom is 0.312 e. The Bertz CT molecular complexity index is 1150. The molecular weight excluding hydrogens is 566 g/mol. The minimum absolute atomic E-state index is 0.0198. The Morgan fingerprint density at radius 1 is 0.889 bits per heavy atom. The van der Waals surface area contributed by atoms with E-state index in [2.05, 4.69) is 54.5 Å². The molecule has 7 heteroatoms. The van der Waals surface area contributed by atoms with Crippen molar-refractivity contribution >= 4 is 11.9 Å². The number of hydrogen-bond acceptors (Lipinski definition) is 7. The highest BCUT2D eigenvalue weighted by molar-refractivity contribution is 5.79. The molecule has 7 nitrogen and oxygen atoms in total. The molecule has 4 fully saturated rings. The average Bonchev–Trinajstić information content (AvgIpc) is 2.97. The molecule has 5 rings (SSSR count). The number of fused-ring (bicyclic) bond motifs is 7. The Labute approximate surface area is 272 Å². The zero-order chi connectivity index (χ0) is 33.0. The van der Waals surface area contributed by atoms with E-state index in [9.17, 15) is 19.8 Å². The molecule has 2 N–H and O–H groups in total. The molecule has 0 saturated heterocycles. The van der Waals surface area contributed by atoms with Crippen molar-refractivity contribution in [1.29, 1.82) is 0 Å². The number of carbonyl (C=O) groups is 2. The summed E-state index contributed by atoms with van der Waals surface area (Å²) in [6, 6.07) is 0. The van der Waals surface area contributed by atoms with E-state index in [1.807, 2.05) is 4.90 Å². The van der Waals surface area contributed by atoms with Crippen LogP contribution in [0.25, 0.3) is 0 Å². The molecule has 0 spiro atoms. The van der Waals surface area contributed by atoms with Gasteiger partial charge in [-0.1, -0.05) is 60.1 Å². The van der Waals surface area contributed by atoms with Gasteiger partial charge >= 0.3 is 11.9 Å². The van der Waals surface area contributed by atoms with Crippen LogP contribution in [-0.4, -0.2) is 72.6 Å². The number of ether oxygens (including phenoxy) is 2. The highest BCUT2D eigenvalue weighted by Crippen LogP contribution is 2.76. The maximum atomic E-state index is 14.3. The summed E-state index contributed by atoms with van der Waals surface area (Å²) >= 11 is 0. The number of hydrogen-bond donors (Lipinski definition) is 2. The zero-order valence-corrected chi connectivity index (χ0v) is 29.6. The van der Waals surface area contributed by atoms with E-state index >= 15 is 0 Å². The van der Waals surface area contributed by atoms with Crippen LogP contribution in [0.3, 0.4) is 0 Å². The average molecular weight is 630 g/mol. The first kappa shape index (κ1) is 34.9. The van der Waals surface area contributed by atoms with Gasteiger partial charge in [-0.3, -0.25) is 14.5 Å². The van der Waals surface area contributed by atoms with Crippen LogP contribution in [-0.2, 0) is 19.1 Å². The summed E-state index contributed by atoms with van der Waals surface area (Å²) in [6.45, 7) is 20.5. The first-order valence-electron chi connectivity index (χ1n) is 18.1. The second-order valence-corrected chi connectivity index (χ2v) is 17.2. The largest absolute Gasteiger partial charge is 0.464 e. The van der Waals surface area contributed by atoms with Crippen molar-refractivity contribution in [3.05, 3.63) is 11.6 Å². The molecule has 0 aliphatic heterocycles. The van der Waals surface area contributed by atoms with Crippen LogP contribution in [0.5, 0.6) is 0 Å². The van der Waals surface area contributed by atoms with Gasteiger partial charge in [-0.05, 0) is 104 Å². The van der Waals surface area contributed by atoms with E-state index < -0.39 is 5.41 Å². The maximum absolute atomic E-state index is 14.3. The third-order valence-corrected chi connectivity index (χ3v) is 15.1. The SMILES string of the molecule is CC(=O)O[C@H]1CC[C@]2(C)[C@H]3CC=C4[C@@H]5[C@@H](C)[C@H](C)CC[C@]5(C(=O)OCCN(CCO)CCO)CC[C@@]4(C)[C@]3(C)CC[C@H]2C1(C)C. The summed E-state index contributed by atoms with van der Waals surface area (Å²) < 4.78 is 12.1. The lowest BCUT2D eigenvalue weighted by Crippen LogP contribution is -2.65. The first-order valence-corrected chi connectivity index (χ1v) is 18.1. The second kappa shape index (κ2) is 12.5. The Hall–Kier alpha value is -1.44. The predicted molar refractivity (Wildman–Crippen MR) is 176 cm³/mol. The Kier molecular flexibility index (Phi) is 9.72. The van der Waals surface area contributed by atoms with Crippen molar-refractivity contribution < 1.29 is 29.3 Å². The van der Waals surface area contributed by atoms with Gasteiger partial charge in [0.15, 0.2) is 0 Å². The van der Waals surface area contributed by atoms with Gasteiger partial charge in [0.05, 0.1) is 18.6 Å². The van der Waals surface area contributed by atoms with Crippen molar-refractivity contribution in [2.24, 2.45) is 56.7 Å². The molecule has 10 atom stereocenters. The smallest absolute Gasteiger partial charge is 0.312 e. The lowest BCUT2D eigenvalue weighted by Gasteiger charge is -2.71. The molecule has 0 amide bonds. The third kappa shape index (κ3) is 5.43. The van der Waals surface area contributed by atoms with Gasteiger partial charge in [-0.25, -0.2) is 0 Å². The quantitative estimate of drug-likeness (QED) is 0.225. The zero-order valence-electron chi connectivity index (χ0n) is 29.6. The molecule has 0 radical (unpaired) electrons. The highest BCUT2D eigenvalue weighted by Gasteiger charge is 2.70. The van der Waals surface area contributed by atoms with Crippen molar-refractivity contribution in [1.82, 2.24) is 4.90 Å². The van der Waals surface area contributed by atoms with Crippen molar-refractivity contribution in [2.75, 3.05) is 39.5 Å². The Morgan fingerprint density at radius 3 is 2.22 bits per heavy atom. The summed E-state index contributed by atoms with van der Waals surface area (Å²) in [5.41, 5.74) is 1.34. The Balaban J connectivity index is 1.45. The predicted octanol–water partition coefficient (Wildman–Crippen LogP) is 6.41. The molecule has 5 aliphatic carbocycles. The fraction of sp³-hybridized carbons (Fsp3) is 0.895. The Morgan fingerprint density at radius 2 is 1.58 bits per heavy atom. The molecule has 0 heterocycles. The van der Waals surface area contributed by atoms with E-state index in [1.165, 1.54) is 6.42 Å². The van der Waals surface area contributed by atoms with Crippen LogP contribution in [0.4, 0.5) is 0 Å². The van der Waals surface area contributed by atoms with Gasteiger partial charge in [-0.2, -0.15) is 0 Å². The van der Waals surface area contributed by atoms with Gasteiger partial charge in [0.2, 0.25) is 0 Å². The van der Waals surface area contributed by atoms with Crippen LogP contribution < -0.4 is 0 Å². The fourth-order valence-corrected chi connectivity index (χ4v) is 12.3. The van der Waals surface area contributed by atoms with Crippen molar-refractivity contribution in [2.45, 2.75) is 119 Å². The molecule has 4 saturated carbocycles. The molecule has 0 unspecified atom stereocenters. The molecule has 45 heavy (non-hydrogen) atoms. The number of nitrogens with zero attached hydrogens (tertiary/aromatic N) is 1. The number of rotatable bonds is 9. The minimum atomic E-state index is -0.482. The highest BCUT2D eigenvalue weighted by atomic mass is 16.5. The lowest BCUT2D eigenvalue weighted by molar-refractivity contribution is -0.214. The standard InChI is InChI=1S/C38H63NO6/c1-25-11-16-38(33(43)44-24-21-39(19-22-40)20-23-41)18-17-36(7)28(32(38)26(25)2)9-10-30-35(6)14-13-31(45-27(3)42)34(4,5)29(35)12-15-37(30,36)8/h9,25-26,29-32,40-41H,10-24H2,1-8H3/t25-,26+,29+,30-,31+,32+,35+,36-,37-,38+/m1/s1. The van der Waals surface area contributed by atoms with Crippen LogP contribution in [0.1, 0.15) is 113 Å². The molecule has 256 valence electrons. The second-order valence-electron chi connectivity index (χ2n) is 17.2. The normalized spacial score (nSPS) is 43.7. The third-order valence-electron chi connectivity index (χ3n) is 15.1. The van der Waals surface area contributed by atoms with E-state index in [4.69, 9.17) is 9.47 Å². The van der Waals surface area contributed by atoms with E-state index in [-0.39, 0.29) is 65.4 Å². The van der Waals surface area contributed by atoms with Gasteiger partial charge < -0.3 is 19.7 Å². The molecular formula is C38H63NO6. The number of aliphatic hydroxyl groups is 2. The molecule has 5 aliphatic rings. The number of esters is 2. The molecule has 0 aromatic rings. The number of carbonyl (C=O) groups excluding carboxylic acids is 2. The van der Waals surface area contributed by atoms with Crippen LogP contribution >= 0.6 is 0 Å². The van der Waals surface area contributed by atoms with Crippen LogP contribution in [0.2, 0.25) is 0 Å². The summed E-state index contributed by atoms with van der Waals surface area (Å²) in [4.78, 5) is 28.2. The first-order chi connectivity index (χ1) is 21.1. The van der Waals surface area contributed by atoms with Crippen LogP contribution in [0.15, 0.2) is 11.6 Å². The van der Waals surface area contributed by atoms with Gasteiger partial charge in [0.1, 0.15) is 12.7 Å². The summed E-state index contributed by atoms with van der Waals surface area (Å²) in [5.74, 6) is 2.01. The van der Waals surface area contributed by atoms with E-state index in [0.29, 0.717) is 43.3 Å². The topological polar surface area (TPSA) is 96.3 Å². The van der Waals surface area contributed by atoms with E-state index in [0.717, 1.165) is 51.4 Å². The van der Waals surface area contributed by atoms with Gasteiger partial charge in [0, 0.05) is 32.0 Å². The van der Waals surface area contributed by atoms with Crippen molar-refractivity contribution in [3.8, 4) is 0 Å². The molecule has 0 bridgehead atoms. The van der Waals surface area contributed by atoms with Gasteiger partial charge in [-0.15, -0.1) is 0 Å². The summed E-state index contributed by atoms with van der Waals surface area (Å²) in [6.07, 6.45) is 11.8. The van der Waals surface area contributed by atoms with Gasteiger partial charge in [0.25, 0.3) is 0 Å². The minimum Gasteiger partial charge on any atom is -0.464 e. The van der Waals surface area contributed by atoms with Crippen molar-refractivity contribution in [3.63, 3.8) is 0 Å². The van der Waals surface area contributed by atoms with E-state index in [1.54, 1.807) is 12.5 Å². The summed E-state index contributed by atoms with van der Waals surface area (Å²) in [7, 11) is 0. The molecule has 0 aromatic carbocycles. The lowest BCUT2D eigenvalue weighted by atomic mass is 9.33. The molecule has 0 aromatic heterocycles. The van der Waals surface area contributed by atoms with Crippen LogP contribution in [0, 0.1) is 56.7 Å².